The van der Waals surface area contributed by atoms with Crippen molar-refractivity contribution in [1.29, 1.82) is 0 Å². The Morgan fingerprint density at radius 2 is 2.05 bits per heavy atom. The van der Waals surface area contributed by atoms with Gasteiger partial charge >= 0.3 is 0 Å². The summed E-state index contributed by atoms with van der Waals surface area (Å²) >= 11 is 0. The first-order valence-corrected chi connectivity index (χ1v) is 7.48. The Morgan fingerprint density at radius 3 is 2.74 bits per heavy atom. The Hall–Kier alpha value is -1.29. The lowest BCUT2D eigenvalue weighted by Gasteiger charge is -2.31. The molecule has 1 saturated heterocycles. The van der Waals surface area contributed by atoms with Crippen LogP contribution < -0.4 is 10.6 Å². The van der Waals surface area contributed by atoms with Crippen LogP contribution in [0.15, 0.2) is 18.3 Å². The highest BCUT2D eigenvalue weighted by Gasteiger charge is 2.17. The lowest BCUT2D eigenvalue weighted by molar-refractivity contribution is 0.198. The summed E-state index contributed by atoms with van der Waals surface area (Å²) in [5.74, 6) is 1.76. The lowest BCUT2D eigenvalue weighted by atomic mass is 9.97. The van der Waals surface area contributed by atoms with E-state index in [0.29, 0.717) is 0 Å². The third-order valence-corrected chi connectivity index (χ3v) is 3.87. The minimum absolute atomic E-state index is 0.804. The number of pyridine rings is 1. The van der Waals surface area contributed by atoms with Crippen LogP contribution >= 0.6 is 0 Å². The molecule has 2 N–H and O–H groups in total. The molecule has 1 aromatic rings. The van der Waals surface area contributed by atoms with Crippen LogP contribution in [-0.4, -0.2) is 42.6 Å². The number of hydrogen-bond donors (Lipinski definition) is 2. The molecule has 0 unspecified atom stereocenters. The summed E-state index contributed by atoms with van der Waals surface area (Å²) in [6.07, 6.45) is 4.48. The molecule has 1 fully saturated rings. The molecule has 2 heterocycles. The summed E-state index contributed by atoms with van der Waals surface area (Å²) in [7, 11) is 0. The first-order valence-electron chi connectivity index (χ1n) is 7.48. The van der Waals surface area contributed by atoms with E-state index in [4.69, 9.17) is 0 Å². The highest BCUT2D eigenvalue weighted by molar-refractivity contribution is 5.51. The topological polar surface area (TPSA) is 40.2 Å². The van der Waals surface area contributed by atoms with Gasteiger partial charge in [0.05, 0.1) is 0 Å². The average Bonchev–Trinajstić information content (AvgIpc) is 2.46. The molecule has 106 valence electrons. The zero-order valence-electron chi connectivity index (χ0n) is 12.2. The summed E-state index contributed by atoms with van der Waals surface area (Å²) in [5, 5.41) is 6.79. The second-order valence-electron chi connectivity index (χ2n) is 5.22. The molecule has 0 radical (unpaired) electrons. The van der Waals surface area contributed by atoms with Crippen molar-refractivity contribution in [3.63, 3.8) is 0 Å². The fraction of sp³-hybridized carbons (Fsp3) is 0.667. The number of hydrogen-bond acceptors (Lipinski definition) is 4. The van der Waals surface area contributed by atoms with Gasteiger partial charge in [-0.25, -0.2) is 4.98 Å². The van der Waals surface area contributed by atoms with Gasteiger partial charge in [-0.15, -0.1) is 0 Å². The number of piperidine rings is 1. The number of nitrogens with one attached hydrogen (secondary N) is 2. The van der Waals surface area contributed by atoms with Crippen molar-refractivity contribution in [3.05, 3.63) is 18.3 Å². The summed E-state index contributed by atoms with van der Waals surface area (Å²) in [5.41, 5.74) is 1.17. The Labute approximate surface area is 116 Å². The molecular weight excluding hydrogens is 236 g/mol. The van der Waals surface area contributed by atoms with Gasteiger partial charge in [-0.05, 0) is 51.4 Å². The van der Waals surface area contributed by atoms with E-state index in [1.165, 1.54) is 38.2 Å². The first kappa shape index (κ1) is 14.1. The highest BCUT2D eigenvalue weighted by Crippen LogP contribution is 2.18. The van der Waals surface area contributed by atoms with Crippen molar-refractivity contribution in [3.8, 4) is 0 Å². The van der Waals surface area contributed by atoms with Crippen molar-refractivity contribution in [2.45, 2.75) is 26.7 Å². The predicted molar refractivity (Wildman–Crippen MR) is 81.7 cm³/mol. The molecule has 1 aliphatic rings. The van der Waals surface area contributed by atoms with Crippen LogP contribution in [0.25, 0.3) is 0 Å². The summed E-state index contributed by atoms with van der Waals surface area (Å²) < 4.78 is 0. The van der Waals surface area contributed by atoms with Gasteiger partial charge in [0.25, 0.3) is 0 Å². The fourth-order valence-electron chi connectivity index (χ4n) is 2.59. The van der Waals surface area contributed by atoms with E-state index in [1.807, 2.05) is 12.3 Å². The minimum Gasteiger partial charge on any atom is -0.385 e. The summed E-state index contributed by atoms with van der Waals surface area (Å²) in [6.45, 7) is 10.0. The SMILES string of the molecule is CCNc1cc(NCC2CCN(CC)CC2)ccn1. The number of anilines is 2. The van der Waals surface area contributed by atoms with Gasteiger partial charge in [-0.3, -0.25) is 0 Å². The van der Waals surface area contributed by atoms with E-state index in [1.54, 1.807) is 0 Å². The van der Waals surface area contributed by atoms with Crippen LogP contribution in [0.3, 0.4) is 0 Å². The van der Waals surface area contributed by atoms with Crippen molar-refractivity contribution in [2.24, 2.45) is 5.92 Å². The van der Waals surface area contributed by atoms with Gasteiger partial charge in [0.2, 0.25) is 0 Å². The largest absolute Gasteiger partial charge is 0.385 e. The standard InChI is InChI=1S/C15H26N4/c1-3-16-15-11-14(5-8-17-15)18-12-13-6-9-19(4-2)10-7-13/h5,8,11,13H,3-4,6-7,9-10,12H2,1-2H3,(H2,16,17,18). The van der Waals surface area contributed by atoms with Gasteiger partial charge < -0.3 is 15.5 Å². The maximum absolute atomic E-state index is 4.29. The third-order valence-electron chi connectivity index (χ3n) is 3.87. The van der Waals surface area contributed by atoms with E-state index in [0.717, 1.165) is 24.8 Å². The summed E-state index contributed by atoms with van der Waals surface area (Å²) in [6, 6.07) is 4.13. The second-order valence-corrected chi connectivity index (χ2v) is 5.22. The lowest BCUT2D eigenvalue weighted by Crippen LogP contribution is -2.35. The van der Waals surface area contributed by atoms with Crippen molar-refractivity contribution >= 4 is 11.5 Å². The molecular formula is C15H26N4. The number of likely N-dealkylation sites (tertiary alicyclic amines) is 1. The molecule has 0 aromatic carbocycles. The summed E-state index contributed by atoms with van der Waals surface area (Å²) in [4.78, 5) is 6.82. The maximum atomic E-state index is 4.29. The van der Waals surface area contributed by atoms with Crippen LogP contribution in [0.4, 0.5) is 11.5 Å². The molecule has 0 saturated carbocycles. The van der Waals surface area contributed by atoms with Gasteiger partial charge in [0.1, 0.15) is 5.82 Å². The van der Waals surface area contributed by atoms with Gasteiger partial charge in [0, 0.05) is 31.0 Å². The van der Waals surface area contributed by atoms with Crippen LogP contribution in [0.2, 0.25) is 0 Å². The zero-order valence-corrected chi connectivity index (χ0v) is 12.2. The quantitative estimate of drug-likeness (QED) is 0.827. The molecule has 4 nitrogen and oxygen atoms in total. The number of nitrogens with zero attached hydrogens (tertiary/aromatic N) is 2. The molecule has 1 aromatic heterocycles. The van der Waals surface area contributed by atoms with Gasteiger partial charge in [0.15, 0.2) is 0 Å². The van der Waals surface area contributed by atoms with Crippen LogP contribution in [0, 0.1) is 5.92 Å². The Balaban J connectivity index is 1.77. The van der Waals surface area contributed by atoms with Crippen LogP contribution in [0.5, 0.6) is 0 Å². The van der Waals surface area contributed by atoms with Crippen molar-refractivity contribution in [1.82, 2.24) is 9.88 Å². The predicted octanol–water partition coefficient (Wildman–Crippen LogP) is 2.66. The maximum Gasteiger partial charge on any atom is 0.127 e. The highest BCUT2D eigenvalue weighted by atomic mass is 15.1. The number of aromatic nitrogens is 1. The molecule has 0 atom stereocenters. The smallest absolute Gasteiger partial charge is 0.127 e. The molecule has 19 heavy (non-hydrogen) atoms. The molecule has 0 spiro atoms. The zero-order chi connectivity index (χ0) is 13.5. The van der Waals surface area contributed by atoms with E-state index in [-0.39, 0.29) is 0 Å². The minimum atomic E-state index is 0.804. The first-order chi connectivity index (χ1) is 9.31. The van der Waals surface area contributed by atoms with E-state index in [9.17, 15) is 0 Å². The third kappa shape index (κ3) is 4.39. The average molecular weight is 262 g/mol. The van der Waals surface area contributed by atoms with Gasteiger partial charge in [-0.2, -0.15) is 0 Å². The molecule has 0 aliphatic carbocycles. The molecule has 4 heteroatoms. The van der Waals surface area contributed by atoms with E-state index in [2.05, 4.69) is 40.4 Å². The Kier molecular flexibility index (Phi) is 5.45. The normalized spacial score (nSPS) is 17.4. The molecule has 1 aliphatic heterocycles. The molecule has 0 amide bonds. The van der Waals surface area contributed by atoms with E-state index >= 15 is 0 Å². The van der Waals surface area contributed by atoms with Crippen molar-refractivity contribution < 1.29 is 0 Å². The monoisotopic (exact) mass is 262 g/mol. The van der Waals surface area contributed by atoms with E-state index < -0.39 is 0 Å². The van der Waals surface area contributed by atoms with Gasteiger partial charge in [-0.1, -0.05) is 6.92 Å². The van der Waals surface area contributed by atoms with Crippen LogP contribution in [0.1, 0.15) is 26.7 Å². The Bertz CT molecular complexity index is 372. The van der Waals surface area contributed by atoms with Crippen LogP contribution in [-0.2, 0) is 0 Å². The molecule has 2 rings (SSSR count). The number of rotatable bonds is 6. The van der Waals surface area contributed by atoms with Crippen molar-refractivity contribution in [2.75, 3.05) is 43.4 Å². The Morgan fingerprint density at radius 1 is 1.26 bits per heavy atom. The molecule has 0 bridgehead atoms. The fourth-order valence-corrected chi connectivity index (χ4v) is 2.59. The second kappa shape index (κ2) is 7.34.